The maximum Gasteiger partial charge on any atom is 0.341 e. The summed E-state index contributed by atoms with van der Waals surface area (Å²) in [7, 11) is 1.33. The molecule has 7 nitrogen and oxygen atoms in total. The molecule has 0 fully saturated rings. The normalized spacial score (nSPS) is 10.7. The molecule has 2 heterocycles. The highest BCUT2D eigenvalue weighted by atomic mass is 32.2. The first kappa shape index (κ1) is 23.7. The van der Waals surface area contributed by atoms with Crippen LogP contribution in [0.4, 0.5) is 5.00 Å². The Morgan fingerprint density at radius 2 is 1.97 bits per heavy atom. The van der Waals surface area contributed by atoms with E-state index in [0.717, 1.165) is 29.1 Å². The summed E-state index contributed by atoms with van der Waals surface area (Å²) in [4.78, 5) is 25.7. The quantitative estimate of drug-likeness (QED) is 0.268. The molecule has 3 rings (SSSR count). The molecule has 0 aliphatic heterocycles. The molecule has 9 heteroatoms. The molecule has 0 saturated carbocycles. The van der Waals surface area contributed by atoms with Gasteiger partial charge in [0.1, 0.15) is 10.8 Å². The summed E-state index contributed by atoms with van der Waals surface area (Å²) >= 11 is 2.67. The summed E-state index contributed by atoms with van der Waals surface area (Å²) in [5, 5.41) is 12.6. The highest BCUT2D eigenvalue weighted by molar-refractivity contribution is 7.99. The van der Waals surface area contributed by atoms with Gasteiger partial charge in [-0.05, 0) is 31.4 Å². The number of allylic oxidation sites excluding steroid dienone is 1. The van der Waals surface area contributed by atoms with Crippen LogP contribution in [0.3, 0.4) is 0 Å². The fraction of sp³-hybridized carbons (Fsp3) is 0.304. The number of hydrogen-bond acceptors (Lipinski definition) is 7. The Morgan fingerprint density at radius 1 is 1.22 bits per heavy atom. The number of nitrogens with zero attached hydrogens (tertiary/aromatic N) is 3. The van der Waals surface area contributed by atoms with Crippen molar-refractivity contribution in [1.29, 1.82) is 0 Å². The Balaban J connectivity index is 1.66. The van der Waals surface area contributed by atoms with E-state index in [1.807, 2.05) is 36.6 Å². The lowest BCUT2D eigenvalue weighted by Gasteiger charge is -2.08. The number of esters is 1. The summed E-state index contributed by atoms with van der Waals surface area (Å²) < 4.78 is 6.84. The number of carbonyl (C=O) groups is 2. The third-order valence-electron chi connectivity index (χ3n) is 4.95. The van der Waals surface area contributed by atoms with Crippen molar-refractivity contribution < 1.29 is 14.3 Å². The van der Waals surface area contributed by atoms with E-state index in [1.54, 1.807) is 6.08 Å². The highest BCUT2D eigenvalue weighted by Gasteiger charge is 2.22. The molecule has 0 aliphatic rings. The monoisotopic (exact) mass is 470 g/mol. The minimum absolute atomic E-state index is 0.143. The number of nitrogens with one attached hydrogen (secondary N) is 1. The van der Waals surface area contributed by atoms with E-state index in [0.29, 0.717) is 22.3 Å². The van der Waals surface area contributed by atoms with Crippen LogP contribution in [0.25, 0.3) is 0 Å². The third kappa shape index (κ3) is 5.66. The molecular formula is C23H26N4O3S2. The average molecular weight is 471 g/mol. The zero-order valence-corrected chi connectivity index (χ0v) is 20.0. The summed E-state index contributed by atoms with van der Waals surface area (Å²) in [5.41, 5.74) is 2.46. The van der Waals surface area contributed by atoms with Crippen molar-refractivity contribution in [3.8, 4) is 0 Å². The van der Waals surface area contributed by atoms with E-state index < -0.39 is 5.97 Å². The fourth-order valence-corrected chi connectivity index (χ4v) is 5.01. The lowest BCUT2D eigenvalue weighted by atomic mass is 10.1. The van der Waals surface area contributed by atoms with Gasteiger partial charge >= 0.3 is 5.97 Å². The number of methoxy groups -OCH3 is 1. The van der Waals surface area contributed by atoms with Crippen LogP contribution in [-0.2, 0) is 28.9 Å². The number of aryl methyl sites for hydroxylation is 3. The lowest BCUT2D eigenvalue weighted by Crippen LogP contribution is -2.16. The Bertz CT molecular complexity index is 1110. The van der Waals surface area contributed by atoms with Gasteiger partial charge in [0.2, 0.25) is 5.91 Å². The van der Waals surface area contributed by atoms with Crippen LogP contribution >= 0.6 is 23.1 Å². The minimum Gasteiger partial charge on any atom is -0.465 e. The Kier molecular flexibility index (Phi) is 8.24. The number of hydrogen-bond donors (Lipinski definition) is 1. The summed E-state index contributed by atoms with van der Waals surface area (Å²) in [6.45, 7) is 8.14. The largest absolute Gasteiger partial charge is 0.465 e. The van der Waals surface area contributed by atoms with Gasteiger partial charge in [-0.3, -0.25) is 4.79 Å². The topological polar surface area (TPSA) is 86.1 Å². The molecular weight excluding hydrogens is 444 g/mol. The van der Waals surface area contributed by atoms with E-state index >= 15 is 0 Å². The molecule has 0 radical (unpaired) electrons. The van der Waals surface area contributed by atoms with E-state index in [9.17, 15) is 9.59 Å². The second-order valence-electron chi connectivity index (χ2n) is 7.10. The molecule has 0 saturated heterocycles. The number of aromatic nitrogens is 3. The van der Waals surface area contributed by atoms with Crippen LogP contribution in [0.1, 0.15) is 32.2 Å². The molecule has 0 bridgehead atoms. The van der Waals surface area contributed by atoms with Crippen LogP contribution in [0.5, 0.6) is 0 Å². The predicted octanol–water partition coefficient (Wildman–Crippen LogP) is 4.45. The van der Waals surface area contributed by atoms with Crippen molar-refractivity contribution in [2.75, 3.05) is 18.2 Å². The Morgan fingerprint density at radius 3 is 2.66 bits per heavy atom. The molecule has 1 aromatic carbocycles. The molecule has 2 aromatic heterocycles. The number of thiophene rings is 1. The number of benzene rings is 1. The van der Waals surface area contributed by atoms with Gasteiger partial charge in [0, 0.05) is 17.8 Å². The number of ether oxygens (including phenoxy) is 1. The minimum atomic E-state index is -0.455. The maximum atomic E-state index is 12.6. The summed E-state index contributed by atoms with van der Waals surface area (Å²) in [6, 6.07) is 10.2. The molecule has 0 spiro atoms. The van der Waals surface area contributed by atoms with Crippen LogP contribution in [0.2, 0.25) is 0 Å². The molecule has 1 amide bonds. The summed E-state index contributed by atoms with van der Waals surface area (Å²) in [5.74, 6) is 0.322. The number of anilines is 1. The Hall–Kier alpha value is -2.91. The lowest BCUT2D eigenvalue weighted by molar-refractivity contribution is -0.113. The molecule has 0 aliphatic carbocycles. The van der Waals surface area contributed by atoms with Gasteiger partial charge in [-0.1, -0.05) is 48.2 Å². The first-order valence-electron chi connectivity index (χ1n) is 10.1. The second-order valence-corrected chi connectivity index (χ2v) is 9.27. The van der Waals surface area contributed by atoms with Crippen LogP contribution in [-0.4, -0.2) is 39.5 Å². The first-order valence-corrected chi connectivity index (χ1v) is 11.9. The van der Waals surface area contributed by atoms with Crippen molar-refractivity contribution in [2.45, 2.75) is 38.4 Å². The van der Waals surface area contributed by atoms with Crippen molar-refractivity contribution in [3.63, 3.8) is 0 Å². The second kappa shape index (κ2) is 11.1. The molecule has 0 atom stereocenters. The van der Waals surface area contributed by atoms with Gasteiger partial charge in [0.05, 0.1) is 18.4 Å². The summed E-state index contributed by atoms with van der Waals surface area (Å²) in [6.07, 6.45) is 3.39. The van der Waals surface area contributed by atoms with E-state index in [1.165, 1.54) is 35.8 Å². The number of amides is 1. The highest BCUT2D eigenvalue weighted by Crippen LogP contribution is 2.33. The van der Waals surface area contributed by atoms with Gasteiger partial charge in [0.25, 0.3) is 0 Å². The number of carbonyl (C=O) groups excluding carboxylic acids is 2. The smallest absolute Gasteiger partial charge is 0.341 e. The molecule has 32 heavy (non-hydrogen) atoms. The van der Waals surface area contributed by atoms with Crippen LogP contribution < -0.4 is 5.32 Å². The molecule has 1 N–H and O–H groups in total. The molecule has 0 unspecified atom stereocenters. The fourth-order valence-electron chi connectivity index (χ4n) is 3.18. The van der Waals surface area contributed by atoms with Gasteiger partial charge in [0.15, 0.2) is 5.16 Å². The first-order chi connectivity index (χ1) is 15.4. The number of thioether (sulfide) groups is 1. The van der Waals surface area contributed by atoms with E-state index in [2.05, 4.69) is 34.2 Å². The van der Waals surface area contributed by atoms with Gasteiger partial charge < -0.3 is 14.6 Å². The van der Waals surface area contributed by atoms with Gasteiger partial charge in [-0.15, -0.1) is 28.1 Å². The molecule has 3 aromatic rings. The Labute approximate surface area is 195 Å². The zero-order valence-electron chi connectivity index (χ0n) is 18.4. The van der Waals surface area contributed by atoms with E-state index in [4.69, 9.17) is 4.74 Å². The maximum absolute atomic E-state index is 12.6. The standard InChI is InChI=1S/C23H26N4O3S2/c1-5-13-27-18(12-11-17-9-7-6-8-10-17)25-26-23(27)31-14-19(28)24-21-20(22(29)30-4)15(2)16(3)32-21/h5-10H,1,11-14H2,2-4H3,(H,24,28). The van der Waals surface area contributed by atoms with Crippen molar-refractivity contribution >= 4 is 40.0 Å². The van der Waals surface area contributed by atoms with Crippen LogP contribution in [0.15, 0.2) is 48.1 Å². The zero-order chi connectivity index (χ0) is 23.1. The predicted molar refractivity (Wildman–Crippen MR) is 129 cm³/mol. The van der Waals surface area contributed by atoms with Crippen molar-refractivity contribution in [3.05, 3.63) is 70.4 Å². The SMILES string of the molecule is C=CCn1c(CCc2ccccc2)nnc1SCC(=O)Nc1sc(C)c(C)c1C(=O)OC. The average Bonchev–Trinajstić information content (AvgIpc) is 3.30. The third-order valence-corrected chi connectivity index (χ3v) is 7.03. The van der Waals surface area contributed by atoms with Gasteiger partial charge in [-0.25, -0.2) is 4.79 Å². The van der Waals surface area contributed by atoms with Gasteiger partial charge in [-0.2, -0.15) is 0 Å². The van der Waals surface area contributed by atoms with Crippen LogP contribution in [0, 0.1) is 13.8 Å². The molecule has 168 valence electrons. The van der Waals surface area contributed by atoms with E-state index in [-0.39, 0.29) is 11.7 Å². The number of rotatable bonds is 10. The van der Waals surface area contributed by atoms with Crippen molar-refractivity contribution in [1.82, 2.24) is 14.8 Å². The van der Waals surface area contributed by atoms with Crippen molar-refractivity contribution in [2.24, 2.45) is 0 Å².